The van der Waals surface area contributed by atoms with Crippen LogP contribution < -0.4 is 0 Å². The van der Waals surface area contributed by atoms with E-state index in [-0.39, 0.29) is 10.8 Å². The summed E-state index contributed by atoms with van der Waals surface area (Å²) in [5.74, 6) is 0. The van der Waals surface area contributed by atoms with Crippen LogP contribution in [0.25, 0.3) is 0 Å². The van der Waals surface area contributed by atoms with Gasteiger partial charge in [0.25, 0.3) is 0 Å². The molecular formula is C20H26O2S. The maximum absolute atomic E-state index is 12.9. The van der Waals surface area contributed by atoms with Crippen molar-refractivity contribution in [1.82, 2.24) is 0 Å². The smallest absolute Gasteiger partial charge is 0.206 e. The molecule has 0 unspecified atom stereocenters. The van der Waals surface area contributed by atoms with Gasteiger partial charge in [-0.3, -0.25) is 0 Å². The van der Waals surface area contributed by atoms with E-state index in [2.05, 4.69) is 41.5 Å². The summed E-state index contributed by atoms with van der Waals surface area (Å²) in [6, 6.07) is 14.5. The monoisotopic (exact) mass is 330 g/mol. The van der Waals surface area contributed by atoms with Crippen molar-refractivity contribution in [2.75, 3.05) is 0 Å². The quantitative estimate of drug-likeness (QED) is 0.766. The van der Waals surface area contributed by atoms with E-state index in [4.69, 9.17) is 0 Å². The molecule has 0 radical (unpaired) electrons. The SMILES string of the molecule is CC(C)(C)c1ccc(S(=O)(=O)c2cccc(C(C)(C)C)c2)cc1. The van der Waals surface area contributed by atoms with Crippen LogP contribution in [0.1, 0.15) is 52.7 Å². The maximum atomic E-state index is 12.9. The summed E-state index contributed by atoms with van der Waals surface area (Å²) in [6.45, 7) is 12.6. The second-order valence-corrected chi connectivity index (χ2v) is 10.0. The number of benzene rings is 2. The molecule has 0 saturated heterocycles. The fraction of sp³-hybridized carbons (Fsp3) is 0.400. The first-order chi connectivity index (χ1) is 10.4. The summed E-state index contributed by atoms with van der Waals surface area (Å²) in [5.41, 5.74) is 2.07. The Morgan fingerprint density at radius 1 is 0.652 bits per heavy atom. The summed E-state index contributed by atoms with van der Waals surface area (Å²) in [4.78, 5) is 0.699. The first-order valence-electron chi connectivity index (χ1n) is 7.88. The molecule has 2 rings (SSSR count). The molecule has 0 aliphatic carbocycles. The number of hydrogen-bond donors (Lipinski definition) is 0. The van der Waals surface area contributed by atoms with E-state index in [1.807, 2.05) is 24.3 Å². The molecule has 0 atom stereocenters. The zero-order valence-electron chi connectivity index (χ0n) is 14.8. The first kappa shape index (κ1) is 17.7. The molecule has 3 heteroatoms. The molecule has 23 heavy (non-hydrogen) atoms. The lowest BCUT2D eigenvalue weighted by molar-refractivity contribution is 0.582. The van der Waals surface area contributed by atoms with Crippen molar-refractivity contribution < 1.29 is 8.42 Å². The molecule has 124 valence electrons. The van der Waals surface area contributed by atoms with Crippen LogP contribution in [0.15, 0.2) is 58.3 Å². The Morgan fingerprint density at radius 3 is 1.65 bits per heavy atom. The number of hydrogen-bond acceptors (Lipinski definition) is 2. The summed E-state index contributed by atoms with van der Waals surface area (Å²) < 4.78 is 25.7. The molecule has 2 nitrogen and oxygen atoms in total. The van der Waals surface area contributed by atoms with Crippen LogP contribution >= 0.6 is 0 Å². The highest BCUT2D eigenvalue weighted by molar-refractivity contribution is 7.91. The van der Waals surface area contributed by atoms with E-state index in [9.17, 15) is 8.42 Å². The van der Waals surface area contributed by atoms with Crippen LogP contribution in [0.2, 0.25) is 0 Å². The van der Waals surface area contributed by atoms with Crippen LogP contribution in [0.5, 0.6) is 0 Å². The second-order valence-electron chi connectivity index (χ2n) is 8.06. The van der Waals surface area contributed by atoms with Gasteiger partial charge < -0.3 is 0 Å². The maximum Gasteiger partial charge on any atom is 0.206 e. The third-order valence-electron chi connectivity index (χ3n) is 4.04. The van der Waals surface area contributed by atoms with Crippen molar-refractivity contribution in [2.24, 2.45) is 0 Å². The average molecular weight is 330 g/mol. The Morgan fingerprint density at radius 2 is 1.17 bits per heavy atom. The third-order valence-corrected chi connectivity index (χ3v) is 5.81. The van der Waals surface area contributed by atoms with Crippen LogP contribution in [-0.2, 0) is 20.7 Å². The molecule has 0 fully saturated rings. The Labute approximate surface area is 140 Å². The lowest BCUT2D eigenvalue weighted by Crippen LogP contribution is -2.13. The summed E-state index contributed by atoms with van der Waals surface area (Å²) >= 11 is 0. The van der Waals surface area contributed by atoms with Crippen LogP contribution in [0.3, 0.4) is 0 Å². The van der Waals surface area contributed by atoms with E-state index in [0.717, 1.165) is 11.1 Å². The van der Waals surface area contributed by atoms with E-state index < -0.39 is 9.84 Å². The number of sulfone groups is 1. The standard InChI is InChI=1S/C20H26O2S/c1-19(2,3)15-10-12-17(13-11-15)23(21,22)18-9-7-8-16(14-18)20(4,5)6/h7-14H,1-6H3. The molecule has 0 amide bonds. The van der Waals surface area contributed by atoms with Gasteiger partial charge in [0, 0.05) is 0 Å². The zero-order chi connectivity index (χ0) is 17.5. The Balaban J connectivity index is 2.47. The lowest BCUT2D eigenvalue weighted by atomic mass is 9.87. The van der Waals surface area contributed by atoms with E-state index in [1.165, 1.54) is 0 Å². The number of rotatable bonds is 2. The second kappa shape index (κ2) is 5.79. The normalized spacial score (nSPS) is 13.1. The molecule has 0 aliphatic heterocycles. The highest BCUT2D eigenvalue weighted by atomic mass is 32.2. The molecule has 0 saturated carbocycles. The molecule has 0 bridgehead atoms. The van der Waals surface area contributed by atoms with Crippen molar-refractivity contribution in [2.45, 2.75) is 62.2 Å². The summed E-state index contributed by atoms with van der Waals surface area (Å²) in [5, 5.41) is 0. The molecule has 0 heterocycles. The van der Waals surface area contributed by atoms with Crippen molar-refractivity contribution in [3.63, 3.8) is 0 Å². The largest absolute Gasteiger partial charge is 0.219 e. The van der Waals surface area contributed by atoms with E-state index in [0.29, 0.717) is 9.79 Å². The van der Waals surface area contributed by atoms with Crippen LogP contribution in [0, 0.1) is 0 Å². The summed E-state index contributed by atoms with van der Waals surface area (Å²) in [6.07, 6.45) is 0. The van der Waals surface area contributed by atoms with Gasteiger partial charge in [-0.25, -0.2) is 8.42 Å². The predicted octanol–water partition coefficient (Wildman–Crippen LogP) is 5.11. The van der Waals surface area contributed by atoms with Crippen LogP contribution in [-0.4, -0.2) is 8.42 Å². The highest BCUT2D eigenvalue weighted by Crippen LogP contribution is 2.29. The zero-order valence-corrected chi connectivity index (χ0v) is 15.7. The van der Waals surface area contributed by atoms with Gasteiger partial charge in [0.05, 0.1) is 9.79 Å². The Bertz CT molecular complexity index is 787. The minimum atomic E-state index is -3.48. The van der Waals surface area contributed by atoms with Gasteiger partial charge in [-0.2, -0.15) is 0 Å². The van der Waals surface area contributed by atoms with E-state index in [1.54, 1.807) is 24.3 Å². The molecule has 0 aliphatic rings. The summed E-state index contributed by atoms with van der Waals surface area (Å²) in [7, 11) is -3.48. The molecule has 0 spiro atoms. The van der Waals surface area contributed by atoms with E-state index >= 15 is 0 Å². The van der Waals surface area contributed by atoms with Gasteiger partial charge in [0.15, 0.2) is 0 Å². The Kier molecular flexibility index (Phi) is 4.46. The molecule has 2 aromatic rings. The van der Waals surface area contributed by atoms with Gasteiger partial charge in [0.1, 0.15) is 0 Å². The molecule has 2 aromatic carbocycles. The van der Waals surface area contributed by atoms with Gasteiger partial charge in [-0.1, -0.05) is 65.8 Å². The minimum Gasteiger partial charge on any atom is -0.219 e. The minimum absolute atomic E-state index is 0.00838. The fourth-order valence-electron chi connectivity index (χ4n) is 2.40. The first-order valence-corrected chi connectivity index (χ1v) is 9.37. The topological polar surface area (TPSA) is 34.1 Å². The lowest BCUT2D eigenvalue weighted by Gasteiger charge is -2.20. The van der Waals surface area contributed by atoms with Crippen molar-refractivity contribution in [1.29, 1.82) is 0 Å². The Hall–Kier alpha value is -1.61. The van der Waals surface area contributed by atoms with Crippen molar-refractivity contribution in [3.8, 4) is 0 Å². The highest BCUT2D eigenvalue weighted by Gasteiger charge is 2.22. The fourth-order valence-corrected chi connectivity index (χ4v) is 3.71. The van der Waals surface area contributed by atoms with Gasteiger partial charge >= 0.3 is 0 Å². The molecular weight excluding hydrogens is 304 g/mol. The molecule has 0 aromatic heterocycles. The van der Waals surface area contributed by atoms with Gasteiger partial charge in [0.2, 0.25) is 9.84 Å². The van der Waals surface area contributed by atoms with Crippen molar-refractivity contribution >= 4 is 9.84 Å². The van der Waals surface area contributed by atoms with Crippen LogP contribution in [0.4, 0.5) is 0 Å². The average Bonchev–Trinajstić information content (AvgIpc) is 2.46. The van der Waals surface area contributed by atoms with Gasteiger partial charge in [-0.15, -0.1) is 0 Å². The van der Waals surface area contributed by atoms with Gasteiger partial charge in [-0.05, 0) is 46.2 Å². The molecule has 0 N–H and O–H groups in total. The van der Waals surface area contributed by atoms with Crippen molar-refractivity contribution in [3.05, 3.63) is 59.7 Å². The predicted molar refractivity (Wildman–Crippen MR) is 95.7 cm³/mol. The third kappa shape index (κ3) is 3.84.